The fraction of sp³-hybridized carbons (Fsp3) is 0.310. The van der Waals surface area contributed by atoms with Gasteiger partial charge >= 0.3 is 5.97 Å². The van der Waals surface area contributed by atoms with Gasteiger partial charge in [0.25, 0.3) is 0 Å². The normalized spacial score (nSPS) is 15.1. The summed E-state index contributed by atoms with van der Waals surface area (Å²) in [5.74, 6) is -1.26. The molecule has 2 aliphatic heterocycles. The van der Waals surface area contributed by atoms with Crippen LogP contribution in [0.25, 0.3) is 16.5 Å². The van der Waals surface area contributed by atoms with Crippen LogP contribution in [0.1, 0.15) is 17.5 Å². The van der Waals surface area contributed by atoms with E-state index in [1.165, 1.54) is 17.3 Å². The first-order valence-corrected chi connectivity index (χ1v) is 14.5. The van der Waals surface area contributed by atoms with E-state index in [9.17, 15) is 13.2 Å². The second-order valence-electron chi connectivity index (χ2n) is 9.21. The molecule has 3 aromatic rings. The van der Waals surface area contributed by atoms with Gasteiger partial charge in [0.1, 0.15) is 5.84 Å². The second kappa shape index (κ2) is 12.9. The van der Waals surface area contributed by atoms with E-state index in [4.69, 9.17) is 15.3 Å². The van der Waals surface area contributed by atoms with E-state index in [1.54, 1.807) is 36.4 Å². The molecule has 0 unspecified atom stereocenters. The van der Waals surface area contributed by atoms with E-state index in [0.29, 0.717) is 18.5 Å². The molecule has 5 rings (SSSR count). The van der Waals surface area contributed by atoms with Gasteiger partial charge in [-0.3, -0.25) is 9.79 Å². The Morgan fingerprint density at radius 3 is 2.23 bits per heavy atom. The van der Waals surface area contributed by atoms with Crippen LogP contribution in [-0.2, 0) is 14.6 Å². The fourth-order valence-electron chi connectivity index (χ4n) is 4.85. The van der Waals surface area contributed by atoms with Crippen molar-refractivity contribution < 1.29 is 28.5 Å². The van der Waals surface area contributed by atoms with Crippen LogP contribution in [0.2, 0.25) is 0 Å². The summed E-state index contributed by atoms with van der Waals surface area (Å²) in [5.41, 5.74) is 3.49. The maximum atomic E-state index is 11.9. The molecule has 3 N–H and O–H groups in total. The molecular weight excluding hydrogens is 518 g/mol. The Hall–Kier alpha value is -3.73. The largest absolute Gasteiger partial charge is 0.480 e. The van der Waals surface area contributed by atoms with Gasteiger partial charge in [-0.2, -0.15) is 0 Å². The minimum Gasteiger partial charge on any atom is -0.480 e. The van der Waals surface area contributed by atoms with Crippen LogP contribution < -0.4 is 0 Å². The first-order chi connectivity index (χ1) is 18.8. The molecule has 0 aromatic heterocycles. The Kier molecular flexibility index (Phi) is 9.34. The number of carboxylic acid groups (broad SMARTS) is 1. The number of nitrogens with zero attached hydrogens (tertiary/aromatic N) is 3. The van der Waals surface area contributed by atoms with Gasteiger partial charge in [-0.25, -0.2) is 8.42 Å². The summed E-state index contributed by atoms with van der Waals surface area (Å²) in [7, 11) is -3.79. The summed E-state index contributed by atoms with van der Waals surface area (Å²) in [4.78, 5) is 19.5. The molecule has 0 atom stereocenters. The Bertz CT molecular complexity index is 1410. The number of aliphatic hydroxyl groups excluding tert-OH is 2. The summed E-state index contributed by atoms with van der Waals surface area (Å²) < 4.78 is 23.8. The third-order valence-corrected chi connectivity index (χ3v) is 8.24. The summed E-state index contributed by atoms with van der Waals surface area (Å²) in [5, 5.41) is 28.2. The Morgan fingerprint density at radius 1 is 0.846 bits per heavy atom. The van der Waals surface area contributed by atoms with Crippen LogP contribution in [0.4, 0.5) is 0 Å². The Morgan fingerprint density at radius 2 is 1.51 bits per heavy atom. The fourth-order valence-corrected chi connectivity index (χ4v) is 6.14. The van der Waals surface area contributed by atoms with Crippen molar-refractivity contribution in [2.75, 3.05) is 51.7 Å². The molecule has 3 aromatic carbocycles. The number of aliphatic hydroxyl groups is 2. The van der Waals surface area contributed by atoms with Crippen molar-refractivity contribution in [2.24, 2.45) is 4.99 Å². The third-order valence-electron chi connectivity index (χ3n) is 6.59. The molecule has 2 heterocycles. The van der Waals surface area contributed by atoms with Gasteiger partial charge in [-0.15, -0.1) is 0 Å². The minimum absolute atomic E-state index is 0.0676. The van der Waals surface area contributed by atoms with Crippen molar-refractivity contribution in [3.05, 3.63) is 83.9 Å². The molecular formula is C29H33N3O6S. The van der Waals surface area contributed by atoms with Gasteiger partial charge in [-0.05, 0) is 23.4 Å². The number of benzene rings is 3. The standard InChI is InChI=1S/C17H23N3O2.C12H10O4S/c21-12-10-19-8-1-2-16(19)14-3-5-15(6-4-14)17-18-7-9-20(17)11-13-22;13-12(14)8-17(15,16)11-7-3-5-9-4-1-2-6-10(9)11/h2-6,21-22H,1,7-13H2;1-7H,8H2,(H,13,14). The van der Waals surface area contributed by atoms with E-state index in [-0.39, 0.29) is 18.1 Å². The first-order valence-electron chi connectivity index (χ1n) is 12.8. The Balaban J connectivity index is 0.000000187. The number of sulfone groups is 1. The molecule has 39 heavy (non-hydrogen) atoms. The number of aliphatic imine (C=N–C) groups is 1. The topological polar surface area (TPSA) is 131 Å². The highest BCUT2D eigenvalue weighted by Crippen LogP contribution is 2.26. The first kappa shape index (κ1) is 28.3. The van der Waals surface area contributed by atoms with Gasteiger partial charge < -0.3 is 25.1 Å². The zero-order chi connectivity index (χ0) is 27.8. The Labute approximate surface area is 228 Å². The molecule has 0 spiro atoms. The average molecular weight is 552 g/mol. The van der Waals surface area contributed by atoms with E-state index in [0.717, 1.165) is 42.8 Å². The summed E-state index contributed by atoms with van der Waals surface area (Å²) >= 11 is 0. The van der Waals surface area contributed by atoms with E-state index in [1.807, 2.05) is 0 Å². The molecule has 0 saturated carbocycles. The molecule has 10 heteroatoms. The maximum absolute atomic E-state index is 11.9. The van der Waals surface area contributed by atoms with Crippen molar-refractivity contribution in [1.29, 1.82) is 0 Å². The van der Waals surface area contributed by atoms with Gasteiger partial charge in [0, 0.05) is 42.8 Å². The number of amidine groups is 1. The summed E-state index contributed by atoms with van der Waals surface area (Å²) in [6, 6.07) is 20.2. The van der Waals surface area contributed by atoms with Gasteiger partial charge in [0.15, 0.2) is 15.6 Å². The third kappa shape index (κ3) is 6.83. The number of β-amino-alcohol motifs (C(OH)–C–C–N with tert-alkyl or cyclic N) is 2. The second-order valence-corrected chi connectivity index (χ2v) is 11.2. The van der Waals surface area contributed by atoms with E-state index in [2.05, 4.69) is 45.1 Å². The number of rotatable bonds is 9. The molecule has 206 valence electrons. The molecule has 0 saturated heterocycles. The number of carbonyl (C=O) groups is 1. The maximum Gasteiger partial charge on any atom is 0.319 e. The number of hydrogen-bond acceptors (Lipinski definition) is 8. The monoisotopic (exact) mass is 551 g/mol. The van der Waals surface area contributed by atoms with Crippen LogP contribution in [0.5, 0.6) is 0 Å². The highest BCUT2D eigenvalue weighted by Gasteiger charge is 2.21. The molecule has 0 amide bonds. The van der Waals surface area contributed by atoms with E-state index >= 15 is 0 Å². The van der Waals surface area contributed by atoms with Crippen LogP contribution in [0.15, 0.2) is 82.7 Å². The smallest absolute Gasteiger partial charge is 0.319 e. The van der Waals surface area contributed by atoms with Crippen molar-refractivity contribution in [2.45, 2.75) is 11.3 Å². The van der Waals surface area contributed by atoms with Crippen LogP contribution in [0.3, 0.4) is 0 Å². The zero-order valence-corrected chi connectivity index (χ0v) is 22.4. The van der Waals surface area contributed by atoms with Crippen molar-refractivity contribution in [3.8, 4) is 0 Å². The minimum atomic E-state index is -3.79. The summed E-state index contributed by atoms with van der Waals surface area (Å²) in [6.07, 6.45) is 3.27. The number of carboxylic acids is 1. The van der Waals surface area contributed by atoms with Crippen molar-refractivity contribution in [3.63, 3.8) is 0 Å². The van der Waals surface area contributed by atoms with Crippen molar-refractivity contribution in [1.82, 2.24) is 9.80 Å². The zero-order valence-electron chi connectivity index (χ0n) is 21.6. The predicted molar refractivity (Wildman–Crippen MR) is 151 cm³/mol. The van der Waals surface area contributed by atoms with Crippen LogP contribution in [-0.4, -0.2) is 97.0 Å². The highest BCUT2D eigenvalue weighted by atomic mass is 32.2. The van der Waals surface area contributed by atoms with Gasteiger partial charge in [-0.1, -0.05) is 66.7 Å². The predicted octanol–water partition coefficient (Wildman–Crippen LogP) is 2.48. The molecule has 0 aliphatic carbocycles. The lowest BCUT2D eigenvalue weighted by Crippen LogP contribution is -2.31. The molecule has 9 nitrogen and oxygen atoms in total. The lowest BCUT2D eigenvalue weighted by Gasteiger charge is -2.22. The molecule has 0 fully saturated rings. The van der Waals surface area contributed by atoms with E-state index < -0.39 is 21.6 Å². The van der Waals surface area contributed by atoms with Crippen LogP contribution >= 0.6 is 0 Å². The number of aliphatic carboxylic acids is 1. The molecule has 0 radical (unpaired) electrons. The summed E-state index contributed by atoms with van der Waals surface area (Å²) in [6.45, 7) is 4.32. The average Bonchev–Trinajstić information content (AvgIpc) is 3.58. The lowest BCUT2D eigenvalue weighted by molar-refractivity contribution is -0.134. The van der Waals surface area contributed by atoms with Gasteiger partial charge in [0.2, 0.25) is 0 Å². The lowest BCUT2D eigenvalue weighted by atomic mass is 10.1. The quantitative estimate of drug-likeness (QED) is 0.370. The SMILES string of the molecule is O=C(O)CS(=O)(=O)c1cccc2ccccc12.OCCN1CCC=C1c1ccc(C2=NCCN2CCO)cc1. The molecule has 2 aliphatic rings. The van der Waals surface area contributed by atoms with Crippen LogP contribution in [0, 0.1) is 0 Å². The highest BCUT2D eigenvalue weighted by molar-refractivity contribution is 7.92. The van der Waals surface area contributed by atoms with Gasteiger partial charge in [0.05, 0.1) is 24.7 Å². The molecule has 0 bridgehead atoms. The van der Waals surface area contributed by atoms with Crippen molar-refractivity contribution >= 4 is 38.1 Å². The number of hydrogen-bond donors (Lipinski definition) is 3. The number of fused-ring (bicyclic) bond motifs is 1.